The highest BCUT2D eigenvalue weighted by atomic mass is 16.5. The van der Waals surface area contributed by atoms with Gasteiger partial charge < -0.3 is 34.9 Å². The fourth-order valence-electron chi connectivity index (χ4n) is 7.08. The van der Waals surface area contributed by atoms with E-state index in [4.69, 9.17) is 30.6 Å². The summed E-state index contributed by atoms with van der Waals surface area (Å²) >= 11 is 0. The number of aliphatic hydroxyl groups excluding tert-OH is 1. The molecule has 5 heterocycles. The molecule has 0 fully saturated rings. The molecule has 0 atom stereocenters. The zero-order chi connectivity index (χ0) is 43.5. The van der Waals surface area contributed by atoms with Gasteiger partial charge in [0.25, 0.3) is 17.7 Å². The molecule has 5 aromatic heterocycles. The molecule has 7 N–H and O–H groups in total. The first kappa shape index (κ1) is 41.4. The van der Waals surface area contributed by atoms with Gasteiger partial charge in [-0.1, -0.05) is 24.3 Å². The van der Waals surface area contributed by atoms with Crippen LogP contribution in [-0.4, -0.2) is 80.6 Å². The average Bonchev–Trinajstić information content (AvgIpc) is 4.03. The summed E-state index contributed by atoms with van der Waals surface area (Å²) in [6, 6.07) is 9.60. The van der Waals surface area contributed by atoms with Crippen molar-refractivity contribution in [3.8, 4) is 5.75 Å². The maximum absolute atomic E-state index is 13.8. The van der Waals surface area contributed by atoms with Crippen molar-refractivity contribution in [1.29, 1.82) is 0 Å². The summed E-state index contributed by atoms with van der Waals surface area (Å²) in [5, 5.41) is 24.6. The van der Waals surface area contributed by atoms with Gasteiger partial charge >= 0.3 is 0 Å². The smallest absolute Gasteiger partial charge is 0.276 e. The first-order valence-corrected chi connectivity index (χ1v) is 19.2. The van der Waals surface area contributed by atoms with E-state index in [9.17, 15) is 24.3 Å². The lowest BCUT2D eigenvalue weighted by atomic mass is 10.1. The summed E-state index contributed by atoms with van der Waals surface area (Å²) in [6.45, 7) is 13.7. The lowest BCUT2D eigenvalue weighted by molar-refractivity contribution is 0.0992. The zero-order valence-electron chi connectivity index (χ0n) is 33.8. The fourth-order valence-corrected chi connectivity index (χ4v) is 7.08. The summed E-state index contributed by atoms with van der Waals surface area (Å²) < 4.78 is 18.5. The number of hydrogen-bond acceptors (Lipinski definition) is 11. The van der Waals surface area contributed by atoms with Gasteiger partial charge in [-0.3, -0.25) is 39.2 Å². The lowest BCUT2D eigenvalue weighted by Crippen LogP contribution is -2.20. The second kappa shape index (κ2) is 17.2. The molecule has 0 aliphatic carbocycles. The van der Waals surface area contributed by atoms with Gasteiger partial charge in [0.15, 0.2) is 0 Å². The van der Waals surface area contributed by atoms with Crippen LogP contribution in [0.1, 0.15) is 65.3 Å². The Hall–Kier alpha value is -7.80. The zero-order valence-corrected chi connectivity index (χ0v) is 33.8. The number of aliphatic hydroxyl groups is 1. The maximum atomic E-state index is 13.8. The lowest BCUT2D eigenvalue weighted by Gasteiger charge is -2.13. The predicted octanol–water partition coefficient (Wildman–Crippen LogP) is 4.54. The van der Waals surface area contributed by atoms with Crippen LogP contribution in [0.5, 0.6) is 5.75 Å². The monoisotopic (exact) mass is 828 g/mol. The molecular weight excluding hydrogens is 785 g/mol. The summed E-state index contributed by atoms with van der Waals surface area (Å²) in [6.07, 6.45) is 7.21. The molecule has 0 spiro atoms. The Balaban J connectivity index is 1.31. The van der Waals surface area contributed by atoms with Crippen molar-refractivity contribution in [2.24, 2.45) is 11.5 Å². The quantitative estimate of drug-likeness (QED) is 0.0593. The topological polar surface area (TPSA) is 258 Å². The highest BCUT2D eigenvalue weighted by Crippen LogP contribution is 2.34. The number of nitrogens with zero attached hydrogens (tertiary/aromatic N) is 8. The SMILES string of the molecule is C=CCn1nc(C)cc1C(=O)Nc1nc2cc(C(N)=O)cc(OCCCO)c2n1C/C=C/Cn1c(NC(=O)c2cc(C)nn2CC=C)nc2cc(C(N)=O)c3oc(C)cc3c21. The number of amides is 4. The van der Waals surface area contributed by atoms with Crippen molar-refractivity contribution < 1.29 is 33.4 Å². The second-order valence-electron chi connectivity index (χ2n) is 14.1. The minimum absolute atomic E-state index is 0.115. The van der Waals surface area contributed by atoms with Gasteiger partial charge in [0.1, 0.15) is 34.0 Å². The molecular formula is C42H44N12O7. The number of carbonyl (C=O) groups excluding carboxylic acids is 4. The average molecular weight is 829 g/mol. The van der Waals surface area contributed by atoms with E-state index in [0.29, 0.717) is 64.1 Å². The molecule has 0 unspecified atom stereocenters. The van der Waals surface area contributed by atoms with Crippen molar-refractivity contribution >= 4 is 68.6 Å². The molecule has 0 saturated heterocycles. The number of rotatable bonds is 18. The van der Waals surface area contributed by atoms with E-state index in [-0.39, 0.29) is 72.0 Å². The highest BCUT2D eigenvalue weighted by molar-refractivity contribution is 6.14. The number of aromatic nitrogens is 8. The molecule has 19 nitrogen and oxygen atoms in total. The van der Waals surface area contributed by atoms with Crippen LogP contribution >= 0.6 is 0 Å². The number of furan rings is 1. The van der Waals surface area contributed by atoms with Crippen LogP contribution in [-0.2, 0) is 26.2 Å². The van der Waals surface area contributed by atoms with Crippen LogP contribution in [0.2, 0.25) is 0 Å². The summed E-state index contributed by atoms with van der Waals surface area (Å²) in [5.41, 5.74) is 15.5. The Kier molecular flexibility index (Phi) is 11.7. The van der Waals surface area contributed by atoms with Crippen molar-refractivity contribution in [2.75, 3.05) is 23.8 Å². The van der Waals surface area contributed by atoms with E-state index < -0.39 is 23.6 Å². The van der Waals surface area contributed by atoms with Crippen molar-refractivity contribution in [2.45, 2.75) is 53.4 Å². The third-order valence-corrected chi connectivity index (χ3v) is 9.61. The van der Waals surface area contributed by atoms with Gasteiger partial charge in [0.05, 0.1) is 53.2 Å². The number of ether oxygens (including phenoxy) is 1. The minimum atomic E-state index is -0.710. The number of fused-ring (bicyclic) bond motifs is 4. The molecule has 19 heteroatoms. The number of benzene rings is 2. The summed E-state index contributed by atoms with van der Waals surface area (Å²) in [5.74, 6) is -1.30. The molecule has 0 bridgehead atoms. The number of aryl methyl sites for hydroxylation is 3. The van der Waals surface area contributed by atoms with Crippen LogP contribution in [0, 0.1) is 20.8 Å². The number of hydrogen-bond donors (Lipinski definition) is 5. The van der Waals surface area contributed by atoms with Gasteiger partial charge in [-0.2, -0.15) is 10.2 Å². The Labute approximate surface area is 347 Å². The Morgan fingerprint density at radius 1 is 0.770 bits per heavy atom. The molecule has 7 aromatic rings. The standard InChI is InChI=1S/C42H44N12O7/c1-6-11-53-31(17-23(3)49-53)39(58)47-41-46-30-22-28(38(44)57)36-27(19-25(5)61-36)34(30)51(41)13-8-9-14-52-35-29(20-26(37(43)56)21-33(35)60-16-10-15-55)45-42(52)48-40(59)32-18-24(4)50-54(32)12-7-2/h6-9,17-22,55H,1-2,10-16H2,3-5H3,(H2,43,56)(H2,44,57)(H,45,48,59)(H,46,47,58)/b9-8+. The number of primary amides is 2. The molecule has 0 aliphatic rings. The van der Waals surface area contributed by atoms with Crippen LogP contribution in [0.3, 0.4) is 0 Å². The van der Waals surface area contributed by atoms with Gasteiger partial charge in [-0.05, 0) is 57.2 Å². The Bertz CT molecular complexity index is 2920. The Morgan fingerprint density at radius 2 is 1.33 bits per heavy atom. The number of carbonyl (C=O) groups is 4. The van der Waals surface area contributed by atoms with Gasteiger partial charge in [-0.15, -0.1) is 13.2 Å². The number of nitrogens with one attached hydrogen (secondary N) is 2. The number of anilines is 2. The predicted molar refractivity (Wildman–Crippen MR) is 228 cm³/mol. The first-order valence-electron chi connectivity index (χ1n) is 19.2. The third-order valence-electron chi connectivity index (χ3n) is 9.61. The minimum Gasteiger partial charge on any atom is -0.491 e. The summed E-state index contributed by atoms with van der Waals surface area (Å²) in [7, 11) is 0. The Morgan fingerprint density at radius 3 is 1.85 bits per heavy atom. The normalized spacial score (nSPS) is 11.5. The number of allylic oxidation sites excluding steroid dienone is 4. The molecule has 0 aliphatic heterocycles. The second-order valence-corrected chi connectivity index (χ2v) is 14.1. The van der Waals surface area contributed by atoms with E-state index in [1.54, 1.807) is 60.3 Å². The van der Waals surface area contributed by atoms with Crippen LogP contribution < -0.4 is 26.8 Å². The van der Waals surface area contributed by atoms with Crippen molar-refractivity contribution in [1.82, 2.24) is 38.7 Å². The summed E-state index contributed by atoms with van der Waals surface area (Å²) in [4.78, 5) is 62.0. The van der Waals surface area contributed by atoms with E-state index in [1.165, 1.54) is 27.6 Å². The van der Waals surface area contributed by atoms with Crippen LogP contribution in [0.15, 0.2) is 78.3 Å². The van der Waals surface area contributed by atoms with Crippen molar-refractivity contribution in [3.63, 3.8) is 0 Å². The third kappa shape index (κ3) is 8.26. The van der Waals surface area contributed by atoms with E-state index in [1.807, 2.05) is 12.2 Å². The molecule has 314 valence electrons. The van der Waals surface area contributed by atoms with Gasteiger partial charge in [0.2, 0.25) is 17.8 Å². The van der Waals surface area contributed by atoms with Crippen LogP contribution in [0.25, 0.3) is 33.0 Å². The van der Waals surface area contributed by atoms with Crippen molar-refractivity contribution in [3.05, 3.63) is 114 Å². The van der Waals surface area contributed by atoms with E-state index >= 15 is 0 Å². The van der Waals surface area contributed by atoms with E-state index in [2.05, 4.69) is 34.0 Å². The van der Waals surface area contributed by atoms with Gasteiger partial charge in [0, 0.05) is 37.1 Å². The fraction of sp³-hybridized carbons (Fsp3) is 0.238. The molecule has 0 radical (unpaired) electrons. The molecule has 4 amide bonds. The largest absolute Gasteiger partial charge is 0.491 e. The highest BCUT2D eigenvalue weighted by Gasteiger charge is 2.25. The molecule has 61 heavy (non-hydrogen) atoms. The van der Waals surface area contributed by atoms with E-state index in [0.717, 1.165) is 0 Å². The number of imidazole rings is 2. The first-order chi connectivity index (χ1) is 29.3. The molecule has 0 saturated carbocycles. The molecule has 7 rings (SSSR count). The molecule has 2 aromatic carbocycles. The number of nitrogens with two attached hydrogens (primary N) is 2. The maximum Gasteiger partial charge on any atom is 0.276 e. The van der Waals surface area contributed by atoms with Crippen LogP contribution in [0.4, 0.5) is 11.9 Å². The van der Waals surface area contributed by atoms with Gasteiger partial charge in [-0.25, -0.2) is 9.97 Å².